The van der Waals surface area contributed by atoms with E-state index in [4.69, 9.17) is 5.73 Å². The summed E-state index contributed by atoms with van der Waals surface area (Å²) >= 11 is 0. The van der Waals surface area contributed by atoms with Crippen LogP contribution in [0.15, 0.2) is 49.1 Å². The minimum Gasteiger partial charge on any atom is -0.384 e. The molecule has 1 aliphatic rings. The molecule has 9 heteroatoms. The van der Waals surface area contributed by atoms with E-state index >= 15 is 0 Å². The van der Waals surface area contributed by atoms with Gasteiger partial charge in [0.25, 0.3) is 5.91 Å². The van der Waals surface area contributed by atoms with Gasteiger partial charge in [-0.1, -0.05) is 0 Å². The summed E-state index contributed by atoms with van der Waals surface area (Å²) in [6.45, 7) is 1.82. The van der Waals surface area contributed by atoms with Gasteiger partial charge in [-0.25, -0.2) is 19.3 Å². The third-order valence-electron chi connectivity index (χ3n) is 5.15. The first-order valence-corrected chi connectivity index (χ1v) is 9.36. The number of benzene rings is 1. The molecule has 150 valence electrons. The number of halogens is 1. The van der Waals surface area contributed by atoms with Gasteiger partial charge >= 0.3 is 0 Å². The van der Waals surface area contributed by atoms with Crippen LogP contribution < -0.4 is 5.73 Å². The van der Waals surface area contributed by atoms with Crippen molar-refractivity contribution >= 4 is 11.7 Å². The van der Waals surface area contributed by atoms with Gasteiger partial charge in [-0.05, 0) is 43.8 Å². The predicted molar refractivity (Wildman–Crippen MR) is 106 cm³/mol. The molecule has 1 fully saturated rings. The van der Waals surface area contributed by atoms with Gasteiger partial charge in [0, 0.05) is 31.0 Å². The van der Waals surface area contributed by atoms with Gasteiger partial charge in [-0.15, -0.1) is 0 Å². The maximum absolute atomic E-state index is 13.2. The van der Waals surface area contributed by atoms with Gasteiger partial charge in [-0.2, -0.15) is 0 Å². The van der Waals surface area contributed by atoms with E-state index in [0.717, 1.165) is 6.42 Å². The van der Waals surface area contributed by atoms with E-state index in [1.807, 2.05) is 11.9 Å². The molecular formula is C20H22FN7O. The van der Waals surface area contributed by atoms with Crippen molar-refractivity contribution < 1.29 is 9.18 Å². The van der Waals surface area contributed by atoms with Crippen LogP contribution in [-0.4, -0.2) is 61.4 Å². The second-order valence-electron chi connectivity index (χ2n) is 7.13. The minimum absolute atomic E-state index is 0.0945. The summed E-state index contributed by atoms with van der Waals surface area (Å²) in [7, 11) is 1.99. The lowest BCUT2D eigenvalue weighted by Gasteiger charge is -2.24. The third kappa shape index (κ3) is 4.09. The average Bonchev–Trinajstić information content (AvgIpc) is 3.38. The highest BCUT2D eigenvalue weighted by atomic mass is 19.1. The monoisotopic (exact) mass is 395 g/mol. The van der Waals surface area contributed by atoms with Crippen LogP contribution in [0.2, 0.25) is 0 Å². The maximum Gasteiger partial charge on any atom is 0.272 e. The van der Waals surface area contributed by atoms with Crippen molar-refractivity contribution in [1.29, 1.82) is 0 Å². The molecule has 0 spiro atoms. The lowest BCUT2D eigenvalue weighted by molar-refractivity contribution is 0.0771. The predicted octanol–water partition coefficient (Wildman–Crippen LogP) is 1.73. The summed E-state index contributed by atoms with van der Waals surface area (Å²) in [5.41, 5.74) is 6.87. The smallest absolute Gasteiger partial charge is 0.272 e. The average molecular weight is 395 g/mol. The Balaban J connectivity index is 1.44. The second-order valence-corrected chi connectivity index (χ2v) is 7.13. The van der Waals surface area contributed by atoms with E-state index in [0.29, 0.717) is 42.7 Å². The van der Waals surface area contributed by atoms with Crippen LogP contribution in [0.1, 0.15) is 22.7 Å². The zero-order valence-corrected chi connectivity index (χ0v) is 16.1. The molecule has 1 amide bonds. The van der Waals surface area contributed by atoms with Crippen molar-refractivity contribution in [2.24, 2.45) is 0 Å². The molecule has 1 aliphatic heterocycles. The number of imidazole rings is 1. The Morgan fingerprint density at radius 3 is 2.86 bits per heavy atom. The van der Waals surface area contributed by atoms with Crippen LogP contribution in [-0.2, 0) is 6.54 Å². The van der Waals surface area contributed by atoms with Gasteiger partial charge in [0.1, 0.15) is 23.2 Å². The van der Waals surface area contributed by atoms with Crippen LogP contribution in [0.3, 0.4) is 0 Å². The summed E-state index contributed by atoms with van der Waals surface area (Å²) in [5.74, 6) is 0.687. The van der Waals surface area contributed by atoms with Crippen molar-refractivity contribution in [3.05, 3.63) is 66.4 Å². The quantitative estimate of drug-likeness (QED) is 0.707. The zero-order valence-electron chi connectivity index (χ0n) is 16.1. The minimum atomic E-state index is -0.323. The number of hydrogen-bond acceptors (Lipinski definition) is 6. The number of likely N-dealkylation sites (tertiary alicyclic amines) is 1. The summed E-state index contributed by atoms with van der Waals surface area (Å²) in [6, 6.07) is 7.83. The number of aromatic nitrogens is 4. The molecule has 0 unspecified atom stereocenters. The highest BCUT2D eigenvalue weighted by Gasteiger charge is 2.31. The molecule has 0 radical (unpaired) electrons. The van der Waals surface area contributed by atoms with Crippen LogP contribution in [0.4, 0.5) is 10.2 Å². The van der Waals surface area contributed by atoms with Crippen LogP contribution in [0.5, 0.6) is 0 Å². The topological polar surface area (TPSA) is 93.2 Å². The summed E-state index contributed by atoms with van der Waals surface area (Å²) < 4.78 is 14.9. The molecule has 8 nitrogen and oxygen atoms in total. The summed E-state index contributed by atoms with van der Waals surface area (Å²) in [4.78, 5) is 29.6. The number of anilines is 1. The SMILES string of the molecule is CN(Cc1nccc(N)n1)[C@@H]1CCN(C(=O)c2cncn2-c2ccc(F)cc2)C1. The fraction of sp³-hybridized carbons (Fsp3) is 0.300. The van der Waals surface area contributed by atoms with Gasteiger partial charge in [0.05, 0.1) is 19.1 Å². The Bertz CT molecular complexity index is 1000. The molecule has 2 N–H and O–H groups in total. The van der Waals surface area contributed by atoms with Gasteiger partial charge in [0.15, 0.2) is 0 Å². The molecule has 1 aromatic carbocycles. The number of nitrogens with two attached hydrogens (primary N) is 1. The Kier molecular flexibility index (Phi) is 5.22. The van der Waals surface area contributed by atoms with E-state index in [9.17, 15) is 9.18 Å². The lowest BCUT2D eigenvalue weighted by atomic mass is 10.2. The number of nitrogen functional groups attached to an aromatic ring is 1. The standard InChI is InChI=1S/C20H22FN7O/c1-26(12-19-24-8-6-18(22)25-19)16-7-9-27(11-16)20(29)17-10-23-13-28(17)15-4-2-14(21)3-5-15/h2-6,8,10,13,16H,7,9,11-12H2,1H3,(H2,22,24,25)/t16-/m1/s1. The number of carbonyl (C=O) groups excluding carboxylic acids is 1. The Morgan fingerprint density at radius 2 is 2.10 bits per heavy atom. The van der Waals surface area contributed by atoms with Crippen molar-refractivity contribution in [3.8, 4) is 5.69 Å². The second kappa shape index (κ2) is 7.96. The lowest BCUT2D eigenvalue weighted by Crippen LogP contribution is -2.37. The van der Waals surface area contributed by atoms with Gasteiger partial charge in [0.2, 0.25) is 0 Å². The fourth-order valence-electron chi connectivity index (χ4n) is 3.55. The first kappa shape index (κ1) is 19.0. The largest absolute Gasteiger partial charge is 0.384 e. The normalized spacial score (nSPS) is 16.5. The highest BCUT2D eigenvalue weighted by molar-refractivity contribution is 5.93. The van der Waals surface area contributed by atoms with E-state index in [2.05, 4.69) is 19.9 Å². The number of likely N-dealkylation sites (N-methyl/N-ethyl adjacent to an activating group) is 1. The Labute approximate surface area is 167 Å². The summed E-state index contributed by atoms with van der Waals surface area (Å²) in [5, 5.41) is 0. The van der Waals surface area contributed by atoms with E-state index in [-0.39, 0.29) is 17.8 Å². The van der Waals surface area contributed by atoms with Crippen LogP contribution in [0.25, 0.3) is 5.69 Å². The fourth-order valence-corrected chi connectivity index (χ4v) is 3.55. The Hall–Kier alpha value is -3.33. The molecule has 0 aliphatic carbocycles. The van der Waals surface area contributed by atoms with Gasteiger partial charge < -0.3 is 10.6 Å². The molecule has 0 bridgehead atoms. The molecule has 1 atom stereocenters. The molecular weight excluding hydrogens is 373 g/mol. The number of rotatable bonds is 5. The van der Waals surface area contributed by atoms with Crippen LogP contribution >= 0.6 is 0 Å². The van der Waals surface area contributed by atoms with Crippen molar-refractivity contribution in [2.75, 3.05) is 25.9 Å². The van der Waals surface area contributed by atoms with Crippen molar-refractivity contribution in [3.63, 3.8) is 0 Å². The van der Waals surface area contributed by atoms with Crippen LogP contribution in [0, 0.1) is 5.82 Å². The summed E-state index contributed by atoms with van der Waals surface area (Å²) in [6.07, 6.45) is 5.61. The molecule has 3 heterocycles. The Morgan fingerprint density at radius 1 is 1.31 bits per heavy atom. The molecule has 4 rings (SSSR count). The molecule has 3 aromatic rings. The highest BCUT2D eigenvalue weighted by Crippen LogP contribution is 2.20. The molecule has 2 aromatic heterocycles. The number of amides is 1. The van der Waals surface area contributed by atoms with Gasteiger partial charge in [-0.3, -0.25) is 14.3 Å². The first-order valence-electron chi connectivity index (χ1n) is 9.36. The van der Waals surface area contributed by atoms with E-state index < -0.39 is 0 Å². The molecule has 29 heavy (non-hydrogen) atoms. The molecule has 0 saturated carbocycles. The van der Waals surface area contributed by atoms with E-state index in [1.165, 1.54) is 12.1 Å². The van der Waals surface area contributed by atoms with Crippen molar-refractivity contribution in [1.82, 2.24) is 29.3 Å². The number of carbonyl (C=O) groups is 1. The third-order valence-corrected chi connectivity index (χ3v) is 5.15. The van der Waals surface area contributed by atoms with Crippen molar-refractivity contribution in [2.45, 2.75) is 19.0 Å². The number of hydrogen-bond donors (Lipinski definition) is 1. The zero-order chi connectivity index (χ0) is 20.4. The first-order chi connectivity index (χ1) is 14.0. The molecule has 1 saturated heterocycles. The van der Waals surface area contributed by atoms with E-state index in [1.54, 1.807) is 41.5 Å². The number of nitrogens with zero attached hydrogens (tertiary/aromatic N) is 6. The maximum atomic E-state index is 13.2.